The number of carbonyl (C=O) groups is 1. The normalized spacial score (nSPS) is 23.4. The molecule has 1 amide bonds. The second-order valence-corrected chi connectivity index (χ2v) is 4.92. The predicted octanol–water partition coefficient (Wildman–Crippen LogP) is 2.29. The van der Waals surface area contributed by atoms with Crippen molar-refractivity contribution in [2.24, 2.45) is 11.7 Å². The molecule has 0 bridgehead atoms. The zero-order valence-corrected chi connectivity index (χ0v) is 10.6. The first-order valence-electron chi connectivity index (χ1n) is 5.95. The molecule has 1 aliphatic rings. The summed E-state index contributed by atoms with van der Waals surface area (Å²) in [5, 5.41) is 9.84. The highest BCUT2D eigenvalue weighted by Crippen LogP contribution is 2.48. The van der Waals surface area contributed by atoms with Gasteiger partial charge >= 0.3 is 6.09 Å². The number of hydrogen-bond acceptors (Lipinski definition) is 3. The lowest BCUT2D eigenvalue weighted by Crippen LogP contribution is -2.17. The molecular weight excluding hydrogens is 254 g/mol. The molecule has 18 heavy (non-hydrogen) atoms. The van der Waals surface area contributed by atoms with Crippen LogP contribution in [0.4, 0.5) is 4.79 Å². The fraction of sp³-hybridized carbons (Fsp3) is 0.462. The minimum Gasteiger partial charge on any atom is -0.446 e. The SMILES string of the molecule is NC(=O)OC1C[C@@H]1[C@H](CCO)c1ccccc1Cl. The smallest absolute Gasteiger partial charge is 0.404 e. The third-order valence-corrected chi connectivity index (χ3v) is 3.65. The van der Waals surface area contributed by atoms with E-state index < -0.39 is 6.09 Å². The highest BCUT2D eigenvalue weighted by molar-refractivity contribution is 6.31. The summed E-state index contributed by atoms with van der Waals surface area (Å²) in [6.07, 6.45) is 0.492. The maximum absolute atomic E-state index is 10.7. The standard InChI is InChI=1S/C13H16ClNO3/c14-11-4-2-1-3-9(11)8(5-6-16)10-7-12(10)18-13(15)17/h1-4,8,10,12,16H,5-7H2,(H2,15,17)/t8-,10-,12?/m1/s1. The highest BCUT2D eigenvalue weighted by atomic mass is 35.5. The summed E-state index contributed by atoms with van der Waals surface area (Å²) in [4.78, 5) is 10.7. The Morgan fingerprint density at radius 3 is 2.89 bits per heavy atom. The Bertz CT molecular complexity index is 438. The lowest BCUT2D eigenvalue weighted by atomic mass is 9.91. The van der Waals surface area contributed by atoms with Gasteiger partial charge in [0.25, 0.3) is 0 Å². The molecule has 5 heteroatoms. The van der Waals surface area contributed by atoms with Crippen molar-refractivity contribution in [3.05, 3.63) is 34.9 Å². The molecular formula is C13H16ClNO3. The van der Waals surface area contributed by atoms with Crippen LogP contribution in [-0.4, -0.2) is 23.9 Å². The molecule has 0 heterocycles. The van der Waals surface area contributed by atoms with Gasteiger partial charge in [-0.1, -0.05) is 29.8 Å². The number of hydrogen-bond donors (Lipinski definition) is 2. The zero-order valence-electron chi connectivity index (χ0n) is 9.88. The Hall–Kier alpha value is -1.26. The molecule has 3 atom stereocenters. The number of halogens is 1. The van der Waals surface area contributed by atoms with Crippen molar-refractivity contribution in [1.82, 2.24) is 0 Å². The van der Waals surface area contributed by atoms with Crippen LogP contribution >= 0.6 is 11.6 Å². The molecule has 0 radical (unpaired) electrons. The van der Waals surface area contributed by atoms with Crippen LogP contribution in [0.2, 0.25) is 5.02 Å². The lowest BCUT2D eigenvalue weighted by Gasteiger charge is -2.17. The number of carbonyl (C=O) groups excluding carboxylic acids is 1. The van der Waals surface area contributed by atoms with Crippen molar-refractivity contribution in [2.75, 3.05) is 6.61 Å². The van der Waals surface area contributed by atoms with E-state index in [1.54, 1.807) is 0 Å². The average Bonchev–Trinajstić information content (AvgIpc) is 3.05. The maximum Gasteiger partial charge on any atom is 0.404 e. The summed E-state index contributed by atoms with van der Waals surface area (Å²) < 4.78 is 4.98. The summed E-state index contributed by atoms with van der Waals surface area (Å²) in [7, 11) is 0. The van der Waals surface area contributed by atoms with Crippen LogP contribution in [0.15, 0.2) is 24.3 Å². The van der Waals surface area contributed by atoms with E-state index in [0.717, 1.165) is 12.0 Å². The van der Waals surface area contributed by atoms with Crippen molar-refractivity contribution in [2.45, 2.75) is 24.9 Å². The topological polar surface area (TPSA) is 72.6 Å². The van der Waals surface area contributed by atoms with Crippen molar-refractivity contribution in [3.8, 4) is 0 Å². The molecule has 1 aliphatic carbocycles. The Morgan fingerprint density at radius 2 is 2.28 bits per heavy atom. The Morgan fingerprint density at radius 1 is 1.56 bits per heavy atom. The summed E-state index contributed by atoms with van der Waals surface area (Å²) in [6, 6.07) is 7.56. The second kappa shape index (κ2) is 5.59. The number of primary amides is 1. The maximum atomic E-state index is 10.7. The van der Waals surface area contributed by atoms with Gasteiger partial charge in [-0.2, -0.15) is 0 Å². The number of rotatable bonds is 5. The first-order valence-corrected chi connectivity index (χ1v) is 6.32. The van der Waals surface area contributed by atoms with Gasteiger partial charge in [-0.15, -0.1) is 0 Å². The van der Waals surface area contributed by atoms with Gasteiger partial charge in [-0.05, 0) is 30.4 Å². The molecule has 3 N–H and O–H groups in total. The first kappa shape index (κ1) is 13.2. The number of aliphatic hydroxyl groups is 1. The number of nitrogens with two attached hydrogens (primary N) is 1. The van der Waals surface area contributed by atoms with Crippen molar-refractivity contribution < 1.29 is 14.6 Å². The quantitative estimate of drug-likeness (QED) is 0.861. The van der Waals surface area contributed by atoms with Crippen molar-refractivity contribution in [1.29, 1.82) is 0 Å². The van der Waals surface area contributed by atoms with Crippen LogP contribution in [0.25, 0.3) is 0 Å². The van der Waals surface area contributed by atoms with Gasteiger partial charge in [-0.25, -0.2) is 4.79 Å². The van der Waals surface area contributed by atoms with Gasteiger partial charge in [0, 0.05) is 17.5 Å². The van der Waals surface area contributed by atoms with E-state index in [9.17, 15) is 4.79 Å². The molecule has 2 rings (SSSR count). The molecule has 0 aliphatic heterocycles. The van der Waals surface area contributed by atoms with E-state index in [1.165, 1.54) is 0 Å². The summed E-state index contributed by atoms with van der Waals surface area (Å²) in [6.45, 7) is 0.0790. The van der Waals surface area contributed by atoms with Crippen LogP contribution in [0.3, 0.4) is 0 Å². The van der Waals surface area contributed by atoms with E-state index in [2.05, 4.69) is 0 Å². The molecule has 1 unspecified atom stereocenters. The third kappa shape index (κ3) is 2.94. The van der Waals surface area contributed by atoms with Crippen molar-refractivity contribution in [3.63, 3.8) is 0 Å². The predicted molar refractivity (Wildman–Crippen MR) is 68.5 cm³/mol. The number of benzene rings is 1. The van der Waals surface area contributed by atoms with Gasteiger partial charge in [0.1, 0.15) is 6.10 Å². The minimum atomic E-state index is -0.746. The number of amides is 1. The molecule has 4 nitrogen and oxygen atoms in total. The number of aliphatic hydroxyl groups excluding tert-OH is 1. The summed E-state index contributed by atoms with van der Waals surface area (Å²) in [5.41, 5.74) is 6.00. The minimum absolute atomic E-state index is 0.0790. The average molecular weight is 270 g/mol. The second-order valence-electron chi connectivity index (χ2n) is 4.52. The van der Waals surface area contributed by atoms with Crippen LogP contribution in [0.5, 0.6) is 0 Å². The third-order valence-electron chi connectivity index (χ3n) is 3.31. The Labute approximate surface area is 111 Å². The van der Waals surface area contributed by atoms with E-state index in [1.807, 2.05) is 24.3 Å². The Kier molecular flexibility index (Phi) is 4.09. The molecule has 1 aromatic carbocycles. The largest absolute Gasteiger partial charge is 0.446 e. The number of ether oxygens (including phenoxy) is 1. The highest BCUT2D eigenvalue weighted by Gasteiger charge is 2.46. The first-order chi connectivity index (χ1) is 8.63. The molecule has 0 saturated heterocycles. The fourth-order valence-corrected chi connectivity index (χ4v) is 2.69. The summed E-state index contributed by atoms with van der Waals surface area (Å²) >= 11 is 6.17. The van der Waals surface area contributed by atoms with E-state index >= 15 is 0 Å². The van der Waals surface area contributed by atoms with Crippen LogP contribution in [0.1, 0.15) is 24.3 Å². The van der Waals surface area contributed by atoms with Gasteiger partial charge < -0.3 is 15.6 Å². The molecule has 0 spiro atoms. The molecule has 0 aromatic heterocycles. The Balaban J connectivity index is 2.11. The molecule has 98 valence electrons. The van der Waals surface area contributed by atoms with Crippen LogP contribution in [-0.2, 0) is 4.74 Å². The van der Waals surface area contributed by atoms with E-state index in [4.69, 9.17) is 27.2 Å². The van der Waals surface area contributed by atoms with Crippen molar-refractivity contribution >= 4 is 17.7 Å². The zero-order chi connectivity index (χ0) is 13.1. The summed E-state index contributed by atoms with van der Waals surface area (Å²) in [5.74, 6) is 0.303. The van der Waals surface area contributed by atoms with E-state index in [0.29, 0.717) is 11.4 Å². The molecule has 1 fully saturated rings. The van der Waals surface area contributed by atoms with E-state index in [-0.39, 0.29) is 24.5 Å². The van der Waals surface area contributed by atoms with Gasteiger partial charge in [0.15, 0.2) is 0 Å². The van der Waals surface area contributed by atoms with Gasteiger partial charge in [0.05, 0.1) is 0 Å². The van der Waals surface area contributed by atoms with Crippen LogP contribution in [0, 0.1) is 5.92 Å². The van der Waals surface area contributed by atoms with Gasteiger partial charge in [-0.3, -0.25) is 0 Å². The molecule has 1 aromatic rings. The monoisotopic (exact) mass is 269 g/mol. The lowest BCUT2D eigenvalue weighted by molar-refractivity contribution is 0.140. The fourth-order valence-electron chi connectivity index (χ4n) is 2.41. The molecule has 1 saturated carbocycles. The van der Waals surface area contributed by atoms with Gasteiger partial charge in [0.2, 0.25) is 0 Å². The van der Waals surface area contributed by atoms with Crippen LogP contribution < -0.4 is 5.73 Å².